The van der Waals surface area contributed by atoms with E-state index in [0.717, 1.165) is 6.42 Å². The Labute approximate surface area is 98.8 Å². The molecule has 88 valence electrons. The summed E-state index contributed by atoms with van der Waals surface area (Å²) in [7, 11) is 0. The van der Waals surface area contributed by atoms with Crippen molar-refractivity contribution >= 4 is 22.0 Å². The zero-order valence-electron chi connectivity index (χ0n) is 9.43. The van der Waals surface area contributed by atoms with E-state index in [2.05, 4.69) is 21.2 Å². The van der Waals surface area contributed by atoms with E-state index in [9.17, 15) is 4.79 Å². The van der Waals surface area contributed by atoms with E-state index in [-0.39, 0.29) is 11.6 Å². The molecule has 1 fully saturated rings. The number of nitrogens with one attached hydrogen (secondary N) is 1. The number of carbonyl (C=O) groups is 1. The maximum absolute atomic E-state index is 11.6. The van der Waals surface area contributed by atoms with Crippen molar-refractivity contribution in [1.29, 1.82) is 0 Å². The van der Waals surface area contributed by atoms with Gasteiger partial charge in [0.05, 0.1) is 18.8 Å². The van der Waals surface area contributed by atoms with Gasteiger partial charge in [0, 0.05) is 5.33 Å². The van der Waals surface area contributed by atoms with Gasteiger partial charge in [0.25, 0.3) is 0 Å². The van der Waals surface area contributed by atoms with Crippen LogP contribution in [-0.4, -0.2) is 35.8 Å². The van der Waals surface area contributed by atoms with Crippen molar-refractivity contribution in [2.75, 3.05) is 18.5 Å². The predicted molar refractivity (Wildman–Crippen MR) is 61.3 cm³/mol. The van der Waals surface area contributed by atoms with Crippen LogP contribution in [0.5, 0.6) is 0 Å². The fraction of sp³-hybridized carbons (Fsp3) is 0.900. The fourth-order valence-corrected chi connectivity index (χ4v) is 1.56. The summed E-state index contributed by atoms with van der Waals surface area (Å²) in [5, 5.41) is 3.52. The zero-order chi connectivity index (χ0) is 11.5. The summed E-state index contributed by atoms with van der Waals surface area (Å²) in [6.45, 7) is 6.86. The van der Waals surface area contributed by atoms with Gasteiger partial charge in [-0.1, -0.05) is 22.9 Å². The van der Waals surface area contributed by atoms with Crippen molar-refractivity contribution in [3.63, 3.8) is 0 Å². The second kappa shape index (κ2) is 4.70. The average Bonchev–Trinajstić information content (AvgIpc) is 2.11. The molecular formula is C10H18BrNO3. The topological polar surface area (TPSA) is 47.6 Å². The van der Waals surface area contributed by atoms with Crippen molar-refractivity contribution in [2.45, 2.75) is 38.3 Å². The van der Waals surface area contributed by atoms with Crippen molar-refractivity contribution in [3.05, 3.63) is 0 Å². The molecule has 1 amide bonds. The Morgan fingerprint density at radius 3 is 2.53 bits per heavy atom. The first-order valence-corrected chi connectivity index (χ1v) is 6.20. The quantitative estimate of drug-likeness (QED) is 0.802. The summed E-state index contributed by atoms with van der Waals surface area (Å²) >= 11 is 3.36. The molecule has 5 heteroatoms. The summed E-state index contributed by atoms with van der Waals surface area (Å²) in [6.07, 6.45) is 0.419. The molecule has 0 radical (unpaired) electrons. The second-order valence-electron chi connectivity index (χ2n) is 4.53. The first kappa shape index (κ1) is 12.8. The highest BCUT2D eigenvalue weighted by atomic mass is 79.9. The molecular weight excluding hydrogens is 262 g/mol. The van der Waals surface area contributed by atoms with Crippen LogP contribution in [0.25, 0.3) is 0 Å². The maximum Gasteiger partial charge on any atom is 0.408 e. The van der Waals surface area contributed by atoms with E-state index in [1.54, 1.807) is 0 Å². The van der Waals surface area contributed by atoms with Crippen LogP contribution in [0.2, 0.25) is 0 Å². The van der Waals surface area contributed by atoms with Gasteiger partial charge in [0.15, 0.2) is 0 Å². The van der Waals surface area contributed by atoms with Crippen LogP contribution >= 0.6 is 15.9 Å². The van der Waals surface area contributed by atoms with Gasteiger partial charge in [-0.25, -0.2) is 4.79 Å². The smallest absolute Gasteiger partial charge is 0.408 e. The molecule has 0 spiro atoms. The molecule has 0 atom stereocenters. The highest BCUT2D eigenvalue weighted by Crippen LogP contribution is 2.21. The molecule has 0 aliphatic carbocycles. The first-order valence-electron chi connectivity index (χ1n) is 5.08. The average molecular weight is 280 g/mol. The van der Waals surface area contributed by atoms with Crippen LogP contribution in [0.1, 0.15) is 27.2 Å². The lowest BCUT2D eigenvalue weighted by Crippen LogP contribution is -2.64. The summed E-state index contributed by atoms with van der Waals surface area (Å²) in [5.74, 6) is 0. The normalized spacial score (nSPS) is 19.2. The maximum atomic E-state index is 11.6. The monoisotopic (exact) mass is 279 g/mol. The molecule has 0 aromatic carbocycles. The molecule has 0 saturated carbocycles. The second-order valence-corrected chi connectivity index (χ2v) is 5.10. The van der Waals surface area contributed by atoms with Crippen LogP contribution < -0.4 is 5.32 Å². The Balaban J connectivity index is 2.42. The van der Waals surface area contributed by atoms with E-state index in [0.29, 0.717) is 18.5 Å². The molecule has 0 aromatic rings. The van der Waals surface area contributed by atoms with Gasteiger partial charge in [-0.3, -0.25) is 0 Å². The molecule has 1 N–H and O–H groups in total. The van der Waals surface area contributed by atoms with E-state index in [1.807, 2.05) is 20.8 Å². The molecule has 15 heavy (non-hydrogen) atoms. The zero-order valence-corrected chi connectivity index (χ0v) is 11.0. The lowest BCUT2D eigenvalue weighted by atomic mass is 10.0. The largest absolute Gasteiger partial charge is 0.444 e. The van der Waals surface area contributed by atoms with E-state index >= 15 is 0 Å². The van der Waals surface area contributed by atoms with Crippen LogP contribution in [0.4, 0.5) is 4.79 Å². The van der Waals surface area contributed by atoms with Gasteiger partial charge >= 0.3 is 6.09 Å². The molecule has 0 aromatic heterocycles. The third kappa shape index (κ3) is 3.34. The van der Waals surface area contributed by atoms with Gasteiger partial charge in [-0.15, -0.1) is 0 Å². The van der Waals surface area contributed by atoms with E-state index < -0.39 is 5.60 Å². The summed E-state index contributed by atoms with van der Waals surface area (Å²) in [6, 6.07) is 0. The Morgan fingerprint density at radius 1 is 1.60 bits per heavy atom. The van der Waals surface area contributed by atoms with E-state index in [4.69, 9.17) is 9.47 Å². The van der Waals surface area contributed by atoms with Crippen LogP contribution in [0, 0.1) is 0 Å². The Morgan fingerprint density at radius 2 is 2.20 bits per heavy atom. The fourth-order valence-electron chi connectivity index (χ4n) is 1.10. The van der Waals surface area contributed by atoms with E-state index in [1.165, 1.54) is 0 Å². The third-order valence-corrected chi connectivity index (χ3v) is 3.67. The number of amides is 1. The van der Waals surface area contributed by atoms with Crippen molar-refractivity contribution in [1.82, 2.24) is 5.32 Å². The predicted octanol–water partition coefficient (Wildman–Crippen LogP) is 2.07. The highest BCUT2D eigenvalue weighted by Gasteiger charge is 2.40. The van der Waals surface area contributed by atoms with Crippen molar-refractivity contribution < 1.29 is 14.3 Å². The number of hydrogen-bond acceptors (Lipinski definition) is 3. The van der Waals surface area contributed by atoms with Crippen molar-refractivity contribution in [3.8, 4) is 0 Å². The molecule has 0 unspecified atom stereocenters. The first-order chi connectivity index (χ1) is 6.93. The minimum absolute atomic E-state index is 0.277. The van der Waals surface area contributed by atoms with Gasteiger partial charge in [-0.05, 0) is 20.3 Å². The molecule has 1 aliphatic rings. The van der Waals surface area contributed by atoms with Gasteiger partial charge in [-0.2, -0.15) is 0 Å². The number of alkyl halides is 1. The Bertz CT molecular complexity index is 233. The number of ether oxygens (including phenoxy) is 2. The Hall–Kier alpha value is -0.290. The van der Waals surface area contributed by atoms with Crippen molar-refractivity contribution in [2.24, 2.45) is 0 Å². The minimum atomic E-state index is -0.414. The lowest BCUT2D eigenvalue weighted by Gasteiger charge is -2.40. The summed E-state index contributed by atoms with van der Waals surface area (Å²) in [4.78, 5) is 11.6. The van der Waals surface area contributed by atoms with Gasteiger partial charge in [0.2, 0.25) is 0 Å². The summed E-state index contributed by atoms with van der Waals surface area (Å²) < 4.78 is 10.4. The minimum Gasteiger partial charge on any atom is -0.444 e. The molecule has 0 bridgehead atoms. The molecule has 4 nitrogen and oxygen atoms in total. The van der Waals surface area contributed by atoms with Crippen LogP contribution in [-0.2, 0) is 9.47 Å². The van der Waals surface area contributed by atoms with Gasteiger partial charge < -0.3 is 14.8 Å². The molecule has 1 heterocycles. The number of hydrogen-bond donors (Lipinski definition) is 1. The van der Waals surface area contributed by atoms with Gasteiger partial charge in [0.1, 0.15) is 5.60 Å². The molecule has 1 saturated heterocycles. The van der Waals surface area contributed by atoms with Crippen LogP contribution in [0.15, 0.2) is 0 Å². The number of halogens is 1. The summed E-state index contributed by atoms with van der Waals surface area (Å²) in [5.41, 5.74) is -0.691. The number of rotatable bonds is 4. The van der Waals surface area contributed by atoms with Crippen LogP contribution in [0.3, 0.4) is 0 Å². The molecule has 1 rings (SSSR count). The third-order valence-electron chi connectivity index (χ3n) is 2.60. The standard InChI is InChI=1S/C10H18BrNO3/c1-4-9(2,3)15-8(13)12-10(5-11)6-14-7-10/h4-7H2,1-3H3,(H,12,13). The SMILES string of the molecule is CCC(C)(C)OC(=O)NC1(CBr)COC1. The Kier molecular flexibility index (Phi) is 4.00. The lowest BCUT2D eigenvalue weighted by molar-refractivity contribution is -0.0642. The number of carbonyl (C=O) groups excluding carboxylic acids is 1. The highest BCUT2D eigenvalue weighted by molar-refractivity contribution is 9.09. The molecule has 1 aliphatic heterocycles. The number of alkyl carbamates (subject to hydrolysis) is 1.